The lowest BCUT2D eigenvalue weighted by atomic mass is 10.3. The molecule has 5 nitrogen and oxygen atoms in total. The summed E-state index contributed by atoms with van der Waals surface area (Å²) in [5.41, 5.74) is -0.901. The van der Waals surface area contributed by atoms with Gasteiger partial charge >= 0.3 is 6.18 Å². The second-order valence-corrected chi connectivity index (χ2v) is 5.81. The number of ether oxygens (including phenoxy) is 2. The summed E-state index contributed by atoms with van der Waals surface area (Å²) in [4.78, 5) is 15.4. The molecule has 0 unspecified atom stereocenters. The largest absolute Gasteiger partial charge is 0.494 e. The van der Waals surface area contributed by atoms with Gasteiger partial charge in [-0.2, -0.15) is 13.2 Å². The van der Waals surface area contributed by atoms with Gasteiger partial charge in [0.05, 0.1) is 10.6 Å². The van der Waals surface area contributed by atoms with E-state index in [1.807, 2.05) is 0 Å². The smallest absolute Gasteiger partial charge is 0.417 e. The van der Waals surface area contributed by atoms with Crippen LogP contribution in [0.5, 0.6) is 0 Å². The first-order valence-corrected chi connectivity index (χ1v) is 7.82. The van der Waals surface area contributed by atoms with Crippen molar-refractivity contribution in [2.75, 3.05) is 25.5 Å². The van der Waals surface area contributed by atoms with E-state index < -0.39 is 17.6 Å². The number of aromatic nitrogens is 1. The van der Waals surface area contributed by atoms with E-state index in [0.717, 1.165) is 24.0 Å². The number of nitrogens with zero attached hydrogens (tertiary/aromatic N) is 1. The third-order valence-corrected chi connectivity index (χ3v) is 4.04. The van der Waals surface area contributed by atoms with Gasteiger partial charge in [-0.25, -0.2) is 4.98 Å². The number of halogens is 4. The Hall–Kier alpha value is -1.61. The Balaban J connectivity index is 1.80. The van der Waals surface area contributed by atoms with Crippen LogP contribution in [-0.2, 0) is 20.4 Å². The van der Waals surface area contributed by atoms with Crippen LogP contribution >= 0.6 is 23.4 Å². The quantitative estimate of drug-likeness (QED) is 0.639. The van der Waals surface area contributed by atoms with Crippen molar-refractivity contribution in [2.24, 2.45) is 0 Å². The van der Waals surface area contributed by atoms with Crippen molar-refractivity contribution < 1.29 is 27.4 Å². The van der Waals surface area contributed by atoms with Crippen LogP contribution in [0.2, 0.25) is 5.02 Å². The summed E-state index contributed by atoms with van der Waals surface area (Å²) >= 11 is 6.92. The lowest BCUT2D eigenvalue weighted by Crippen LogP contribution is -2.30. The number of alkyl halides is 3. The van der Waals surface area contributed by atoms with Gasteiger partial charge in [0.25, 0.3) is 5.91 Å². The first kappa shape index (κ1) is 17.7. The Morgan fingerprint density at radius 2 is 2.22 bits per heavy atom. The molecule has 0 radical (unpaired) electrons. The maximum Gasteiger partial charge on any atom is 0.417 e. The zero-order valence-corrected chi connectivity index (χ0v) is 13.2. The Labute approximate surface area is 139 Å². The van der Waals surface area contributed by atoms with Gasteiger partial charge < -0.3 is 14.8 Å². The molecule has 2 heterocycles. The molecule has 10 heteroatoms. The molecular formula is C13H12ClF3N2O3S. The van der Waals surface area contributed by atoms with Gasteiger partial charge in [-0.3, -0.25) is 4.79 Å². The van der Waals surface area contributed by atoms with Crippen LogP contribution in [-0.4, -0.2) is 36.4 Å². The van der Waals surface area contributed by atoms with Gasteiger partial charge in [0, 0.05) is 18.5 Å². The molecule has 0 bridgehead atoms. The SMILES string of the molecule is O=C(NCCSc1ncc(C(F)(F)F)cc1Cl)C1=COCCO1. The Morgan fingerprint density at radius 3 is 2.83 bits per heavy atom. The molecule has 0 spiro atoms. The van der Waals surface area contributed by atoms with Crippen molar-refractivity contribution in [3.63, 3.8) is 0 Å². The van der Waals surface area contributed by atoms with Crippen molar-refractivity contribution in [2.45, 2.75) is 11.2 Å². The average Bonchev–Trinajstić information content (AvgIpc) is 2.52. The Morgan fingerprint density at radius 1 is 1.43 bits per heavy atom. The van der Waals surface area contributed by atoms with E-state index in [4.69, 9.17) is 21.1 Å². The maximum atomic E-state index is 12.5. The minimum absolute atomic E-state index is 0.0807. The highest BCUT2D eigenvalue weighted by molar-refractivity contribution is 7.99. The molecule has 0 saturated heterocycles. The minimum atomic E-state index is -4.48. The molecule has 126 valence electrons. The monoisotopic (exact) mass is 368 g/mol. The first-order chi connectivity index (χ1) is 10.9. The second kappa shape index (κ2) is 7.78. The predicted molar refractivity (Wildman–Crippen MR) is 78.0 cm³/mol. The van der Waals surface area contributed by atoms with E-state index in [9.17, 15) is 18.0 Å². The van der Waals surface area contributed by atoms with E-state index >= 15 is 0 Å². The third kappa shape index (κ3) is 5.21. The number of rotatable bonds is 5. The molecule has 23 heavy (non-hydrogen) atoms. The molecule has 0 atom stereocenters. The zero-order valence-electron chi connectivity index (χ0n) is 11.7. The van der Waals surface area contributed by atoms with Gasteiger partial charge in [0.2, 0.25) is 5.76 Å². The van der Waals surface area contributed by atoms with Crippen LogP contribution in [0, 0.1) is 0 Å². The standard InChI is InChI=1S/C13H12ClF3N2O3S/c14-9-5-8(13(15,16)17)6-19-12(9)23-4-1-18-11(20)10-7-21-2-3-22-10/h5-7H,1-4H2,(H,18,20). The van der Waals surface area contributed by atoms with Gasteiger partial charge in [0.1, 0.15) is 24.5 Å². The number of pyridine rings is 1. The molecule has 1 aliphatic rings. The number of hydrogen-bond acceptors (Lipinski definition) is 5. The van der Waals surface area contributed by atoms with Crippen LogP contribution in [0.3, 0.4) is 0 Å². The summed E-state index contributed by atoms with van der Waals surface area (Å²) in [7, 11) is 0. The topological polar surface area (TPSA) is 60.5 Å². The minimum Gasteiger partial charge on any atom is -0.494 e. The molecule has 1 aromatic heterocycles. The molecule has 1 N–H and O–H groups in total. The van der Waals surface area contributed by atoms with Crippen LogP contribution in [0.15, 0.2) is 29.3 Å². The summed E-state index contributed by atoms with van der Waals surface area (Å²) in [6.07, 6.45) is -2.52. The molecule has 0 aromatic carbocycles. The number of carbonyl (C=O) groups is 1. The summed E-state index contributed by atoms with van der Waals surface area (Å²) in [5.74, 6) is 0.0570. The van der Waals surface area contributed by atoms with E-state index in [-0.39, 0.29) is 22.4 Å². The van der Waals surface area contributed by atoms with Crippen LogP contribution in [0.1, 0.15) is 5.56 Å². The summed E-state index contributed by atoms with van der Waals surface area (Å²) in [5, 5.41) is 2.78. The fourth-order valence-corrected chi connectivity index (χ4v) is 2.62. The summed E-state index contributed by atoms with van der Waals surface area (Å²) in [6.45, 7) is 0.965. The maximum absolute atomic E-state index is 12.5. The normalized spacial score (nSPS) is 14.5. The molecule has 1 amide bonds. The molecular weight excluding hydrogens is 357 g/mol. The lowest BCUT2D eigenvalue weighted by Gasteiger charge is -2.15. The van der Waals surface area contributed by atoms with Gasteiger partial charge in [0.15, 0.2) is 0 Å². The zero-order chi connectivity index (χ0) is 16.9. The Bertz CT molecular complexity index is 611. The van der Waals surface area contributed by atoms with Crippen LogP contribution in [0.4, 0.5) is 13.2 Å². The number of hydrogen-bond donors (Lipinski definition) is 1. The number of carbonyl (C=O) groups excluding carboxylic acids is 1. The molecule has 0 aliphatic carbocycles. The fraction of sp³-hybridized carbons (Fsp3) is 0.385. The number of amides is 1. The van der Waals surface area contributed by atoms with Gasteiger partial charge in [-0.1, -0.05) is 11.6 Å². The van der Waals surface area contributed by atoms with Gasteiger partial charge in [-0.05, 0) is 6.07 Å². The number of nitrogens with one attached hydrogen (secondary N) is 1. The summed E-state index contributed by atoms with van der Waals surface area (Å²) in [6, 6.07) is 0.827. The summed E-state index contributed by atoms with van der Waals surface area (Å²) < 4.78 is 47.5. The fourth-order valence-electron chi connectivity index (χ4n) is 1.57. The van der Waals surface area contributed by atoms with E-state index in [2.05, 4.69) is 10.3 Å². The van der Waals surface area contributed by atoms with Crippen LogP contribution in [0.25, 0.3) is 0 Å². The Kier molecular flexibility index (Phi) is 6.00. The highest BCUT2D eigenvalue weighted by Crippen LogP contribution is 2.33. The average molecular weight is 369 g/mol. The highest BCUT2D eigenvalue weighted by Gasteiger charge is 2.31. The van der Waals surface area contributed by atoms with Crippen molar-refractivity contribution in [1.29, 1.82) is 0 Å². The first-order valence-electron chi connectivity index (χ1n) is 6.46. The third-order valence-electron chi connectivity index (χ3n) is 2.63. The van der Waals surface area contributed by atoms with Gasteiger partial charge in [-0.15, -0.1) is 11.8 Å². The van der Waals surface area contributed by atoms with E-state index in [1.54, 1.807) is 0 Å². The molecule has 1 aliphatic heterocycles. The van der Waals surface area contributed by atoms with Crippen molar-refractivity contribution in [1.82, 2.24) is 10.3 Å². The van der Waals surface area contributed by atoms with E-state index in [0.29, 0.717) is 19.0 Å². The number of thioether (sulfide) groups is 1. The highest BCUT2D eigenvalue weighted by atomic mass is 35.5. The lowest BCUT2D eigenvalue weighted by molar-refractivity contribution is -0.137. The molecule has 0 fully saturated rings. The predicted octanol–water partition coefficient (Wildman–Crippen LogP) is 2.85. The molecule has 2 rings (SSSR count). The van der Waals surface area contributed by atoms with E-state index in [1.165, 1.54) is 6.26 Å². The van der Waals surface area contributed by atoms with Crippen molar-refractivity contribution >= 4 is 29.3 Å². The van der Waals surface area contributed by atoms with Crippen LogP contribution < -0.4 is 5.32 Å². The molecule has 1 aromatic rings. The van der Waals surface area contributed by atoms with Crippen molar-refractivity contribution in [3.8, 4) is 0 Å². The van der Waals surface area contributed by atoms with Crippen molar-refractivity contribution in [3.05, 3.63) is 34.9 Å². The second-order valence-electron chi connectivity index (χ2n) is 4.31. The molecule has 0 saturated carbocycles.